The molecule has 0 saturated carbocycles. The summed E-state index contributed by atoms with van der Waals surface area (Å²) in [7, 11) is 0. The van der Waals surface area contributed by atoms with Gasteiger partial charge in [-0.2, -0.15) is 0 Å². The maximum Gasteiger partial charge on any atom is 0.407 e. The van der Waals surface area contributed by atoms with Gasteiger partial charge in [0.25, 0.3) is 0 Å². The van der Waals surface area contributed by atoms with Crippen molar-refractivity contribution in [1.29, 1.82) is 0 Å². The largest absolute Gasteiger partial charge is 0.481 e. The molecule has 0 aromatic rings. The summed E-state index contributed by atoms with van der Waals surface area (Å²) < 4.78 is 10.1. The smallest absolute Gasteiger partial charge is 0.407 e. The number of carboxylic acid groups (broad SMARTS) is 1. The van der Waals surface area contributed by atoms with E-state index in [0.717, 1.165) is 0 Å². The number of nitrogens with one attached hydrogen (secondary N) is 1. The lowest BCUT2D eigenvalue weighted by molar-refractivity contribution is -0.155. The van der Waals surface area contributed by atoms with E-state index in [4.69, 9.17) is 14.6 Å². The predicted molar refractivity (Wildman–Crippen MR) is 59.7 cm³/mol. The highest BCUT2D eigenvalue weighted by atomic mass is 16.6. The first kappa shape index (κ1) is 13.8. The van der Waals surface area contributed by atoms with Crippen LogP contribution in [0.25, 0.3) is 0 Å². The Labute approximate surface area is 100 Å². The second-order valence-corrected chi connectivity index (χ2v) is 5.42. The molecule has 0 atom stereocenters. The molecule has 0 bridgehead atoms. The topological polar surface area (TPSA) is 84.9 Å². The normalized spacial score (nSPS) is 18.1. The molecule has 0 spiro atoms. The number of rotatable bonds is 4. The summed E-state index contributed by atoms with van der Waals surface area (Å²) in [6.45, 7) is 6.28. The minimum atomic E-state index is -0.890. The van der Waals surface area contributed by atoms with E-state index in [9.17, 15) is 9.59 Å². The molecule has 0 aromatic carbocycles. The minimum Gasteiger partial charge on any atom is -0.481 e. The van der Waals surface area contributed by atoms with E-state index in [2.05, 4.69) is 5.32 Å². The fourth-order valence-electron chi connectivity index (χ4n) is 1.55. The molecular formula is C11H19NO5. The molecule has 2 N–H and O–H groups in total. The quantitative estimate of drug-likeness (QED) is 0.772. The molecule has 17 heavy (non-hydrogen) atoms. The third-order valence-corrected chi connectivity index (χ3v) is 2.35. The molecule has 1 rings (SSSR count). The summed E-state index contributed by atoms with van der Waals surface area (Å²) >= 11 is 0. The van der Waals surface area contributed by atoms with Gasteiger partial charge in [0.2, 0.25) is 0 Å². The van der Waals surface area contributed by atoms with E-state index in [-0.39, 0.29) is 13.0 Å². The minimum absolute atomic E-state index is 0.0111. The van der Waals surface area contributed by atoms with Gasteiger partial charge >= 0.3 is 12.1 Å². The molecule has 1 aliphatic heterocycles. The monoisotopic (exact) mass is 245 g/mol. The van der Waals surface area contributed by atoms with E-state index in [1.165, 1.54) is 0 Å². The van der Waals surface area contributed by atoms with Crippen molar-refractivity contribution in [3.63, 3.8) is 0 Å². The third kappa shape index (κ3) is 4.60. The Kier molecular flexibility index (Phi) is 3.98. The first-order valence-electron chi connectivity index (χ1n) is 5.49. The van der Waals surface area contributed by atoms with Crippen LogP contribution in [0.1, 0.15) is 27.2 Å². The van der Waals surface area contributed by atoms with Crippen LogP contribution in [0.5, 0.6) is 0 Å². The summed E-state index contributed by atoms with van der Waals surface area (Å²) in [4.78, 5) is 22.1. The lowest BCUT2D eigenvalue weighted by atomic mass is 9.82. The summed E-state index contributed by atoms with van der Waals surface area (Å²) in [5, 5.41) is 11.3. The van der Waals surface area contributed by atoms with E-state index in [1.807, 2.05) is 0 Å². The number of carboxylic acids is 1. The van der Waals surface area contributed by atoms with E-state index >= 15 is 0 Å². The van der Waals surface area contributed by atoms with Crippen LogP contribution in [-0.2, 0) is 14.3 Å². The maximum atomic E-state index is 11.4. The molecule has 6 heteroatoms. The van der Waals surface area contributed by atoms with Crippen LogP contribution >= 0.6 is 0 Å². The number of aliphatic carboxylic acids is 1. The van der Waals surface area contributed by atoms with Crippen molar-refractivity contribution in [1.82, 2.24) is 5.32 Å². The molecule has 0 aliphatic carbocycles. The first-order valence-corrected chi connectivity index (χ1v) is 5.49. The van der Waals surface area contributed by atoms with Crippen LogP contribution in [0.3, 0.4) is 0 Å². The van der Waals surface area contributed by atoms with Crippen molar-refractivity contribution in [2.75, 3.05) is 19.8 Å². The van der Waals surface area contributed by atoms with Crippen LogP contribution in [0, 0.1) is 5.41 Å². The van der Waals surface area contributed by atoms with Gasteiger partial charge in [-0.1, -0.05) is 0 Å². The number of carbonyl (C=O) groups excluding carboxylic acids is 1. The molecule has 0 aromatic heterocycles. The van der Waals surface area contributed by atoms with Gasteiger partial charge in [0.15, 0.2) is 0 Å². The van der Waals surface area contributed by atoms with Gasteiger partial charge in [0.05, 0.1) is 19.6 Å². The third-order valence-electron chi connectivity index (χ3n) is 2.35. The Morgan fingerprint density at radius 1 is 1.41 bits per heavy atom. The van der Waals surface area contributed by atoms with E-state index in [1.54, 1.807) is 20.8 Å². The highest BCUT2D eigenvalue weighted by Gasteiger charge is 2.41. The average molecular weight is 245 g/mol. The van der Waals surface area contributed by atoms with Crippen molar-refractivity contribution in [3.8, 4) is 0 Å². The average Bonchev–Trinajstić information content (AvgIpc) is 2.05. The summed E-state index contributed by atoms with van der Waals surface area (Å²) in [6.07, 6.45) is -0.544. The molecule has 6 nitrogen and oxygen atoms in total. The molecule has 1 aliphatic rings. The van der Waals surface area contributed by atoms with Gasteiger partial charge in [0, 0.05) is 12.0 Å². The number of alkyl carbamates (subject to hydrolysis) is 1. The predicted octanol–water partition coefficient (Wildman–Crippen LogP) is 1.00. The Bertz CT molecular complexity index is 303. The standard InChI is InChI=1S/C11H19NO5/c1-10(2,3)17-9(15)12-5-11(4-8(13)14)6-16-7-11/h4-7H2,1-3H3,(H,12,15)(H,13,14). The number of hydrogen-bond acceptors (Lipinski definition) is 4. The van der Waals surface area contributed by atoms with Crippen LogP contribution in [0.2, 0.25) is 0 Å². The second kappa shape index (κ2) is 4.91. The summed E-state index contributed by atoms with van der Waals surface area (Å²) in [6, 6.07) is 0. The molecule has 98 valence electrons. The van der Waals surface area contributed by atoms with Crippen LogP contribution in [-0.4, -0.2) is 42.5 Å². The number of ether oxygens (including phenoxy) is 2. The van der Waals surface area contributed by atoms with Gasteiger partial charge in [-0.15, -0.1) is 0 Å². The molecule has 0 unspecified atom stereocenters. The van der Waals surface area contributed by atoms with Gasteiger partial charge in [-0.3, -0.25) is 4.79 Å². The molecule has 0 radical (unpaired) electrons. The molecule has 1 saturated heterocycles. The van der Waals surface area contributed by atoms with Gasteiger partial charge in [-0.25, -0.2) is 4.79 Å². The fraction of sp³-hybridized carbons (Fsp3) is 0.818. The highest BCUT2D eigenvalue weighted by Crippen LogP contribution is 2.30. The Hall–Kier alpha value is -1.30. The van der Waals surface area contributed by atoms with Crippen LogP contribution in [0.4, 0.5) is 4.79 Å². The van der Waals surface area contributed by atoms with Crippen molar-refractivity contribution in [2.45, 2.75) is 32.8 Å². The van der Waals surface area contributed by atoms with Crippen LogP contribution < -0.4 is 5.32 Å². The second-order valence-electron chi connectivity index (χ2n) is 5.42. The lowest BCUT2D eigenvalue weighted by Gasteiger charge is -2.40. The maximum absolute atomic E-state index is 11.4. The number of hydrogen-bond donors (Lipinski definition) is 2. The zero-order valence-electron chi connectivity index (χ0n) is 10.4. The zero-order chi connectivity index (χ0) is 13.1. The van der Waals surface area contributed by atoms with Crippen molar-refractivity contribution >= 4 is 12.1 Å². The first-order chi connectivity index (χ1) is 7.72. The Morgan fingerprint density at radius 3 is 2.35 bits per heavy atom. The number of carbonyl (C=O) groups is 2. The van der Waals surface area contributed by atoms with E-state index < -0.39 is 23.1 Å². The van der Waals surface area contributed by atoms with E-state index in [0.29, 0.717) is 13.2 Å². The van der Waals surface area contributed by atoms with Crippen molar-refractivity contribution in [2.24, 2.45) is 5.41 Å². The zero-order valence-corrected chi connectivity index (χ0v) is 10.4. The summed E-state index contributed by atoms with van der Waals surface area (Å²) in [5.74, 6) is -0.890. The van der Waals surface area contributed by atoms with Crippen LogP contribution in [0.15, 0.2) is 0 Å². The Balaban J connectivity index is 2.38. The molecular weight excluding hydrogens is 226 g/mol. The highest BCUT2D eigenvalue weighted by molar-refractivity contribution is 5.69. The SMILES string of the molecule is CC(C)(C)OC(=O)NCC1(CC(=O)O)COC1. The van der Waals surface area contributed by atoms with Crippen molar-refractivity contribution < 1.29 is 24.2 Å². The molecule has 1 fully saturated rings. The van der Waals surface area contributed by atoms with Gasteiger partial charge in [0.1, 0.15) is 5.60 Å². The fourth-order valence-corrected chi connectivity index (χ4v) is 1.55. The summed E-state index contributed by atoms with van der Waals surface area (Å²) in [5.41, 5.74) is -1.04. The number of amides is 1. The lowest BCUT2D eigenvalue weighted by Crippen LogP contribution is -2.52. The Morgan fingerprint density at radius 2 is 2.00 bits per heavy atom. The van der Waals surface area contributed by atoms with Gasteiger partial charge in [-0.05, 0) is 20.8 Å². The van der Waals surface area contributed by atoms with Gasteiger partial charge < -0.3 is 19.9 Å². The van der Waals surface area contributed by atoms with Crippen molar-refractivity contribution in [3.05, 3.63) is 0 Å². The molecule has 1 amide bonds. The molecule has 1 heterocycles.